The lowest BCUT2D eigenvalue weighted by Crippen LogP contribution is -2.00. The van der Waals surface area contributed by atoms with Crippen LogP contribution in [0.3, 0.4) is 0 Å². The number of nitrogens with one attached hydrogen (secondary N) is 1. The van der Waals surface area contributed by atoms with E-state index in [4.69, 9.17) is 5.41 Å². The van der Waals surface area contributed by atoms with Crippen LogP contribution in [0, 0.1) is 5.41 Å². The first-order valence-electron chi connectivity index (χ1n) is 23.2. The fourth-order valence-electron chi connectivity index (χ4n) is 11.1. The predicted molar refractivity (Wildman–Crippen MR) is 288 cm³/mol. The van der Waals surface area contributed by atoms with Gasteiger partial charge in [0.1, 0.15) is 0 Å². The molecule has 68 heavy (non-hydrogen) atoms. The van der Waals surface area contributed by atoms with E-state index in [0.717, 1.165) is 61.0 Å². The standard InChI is InChI=1S/C63H41N5/c64-39-47(68-60-26-14-10-22-51(60)55-38-44(30-34-63(55)68)43-29-33-62-54(37-43)50-21-9-13-25-59(50)67(62)46-17-5-2-6-18-46)40-65-56-23-11-7-19-48(56)52-35-41(27-31-57(52)65)42-28-32-61-53(36-42)49-20-8-12-24-58(49)66(61)45-15-3-1-4-16-45/h1-40,64H/b47-40+,64-39?. The molecule has 0 radical (unpaired) electrons. The smallest absolute Gasteiger partial charge is 0.0805 e. The zero-order chi connectivity index (χ0) is 44.9. The van der Waals surface area contributed by atoms with E-state index < -0.39 is 0 Å². The van der Waals surface area contributed by atoms with Crippen LogP contribution < -0.4 is 0 Å². The first-order chi connectivity index (χ1) is 33.7. The number of benzene rings is 10. The number of rotatable bonds is 7. The largest absolute Gasteiger partial charge is 0.314 e. The van der Waals surface area contributed by atoms with Gasteiger partial charge < -0.3 is 23.7 Å². The molecular formula is C63H41N5. The highest BCUT2D eigenvalue weighted by atomic mass is 15.0. The average Bonchev–Trinajstić information content (AvgIpc) is 4.12. The zero-order valence-electron chi connectivity index (χ0n) is 36.9. The highest BCUT2D eigenvalue weighted by Crippen LogP contribution is 2.41. The summed E-state index contributed by atoms with van der Waals surface area (Å²) in [6.07, 6.45) is 3.63. The summed E-state index contributed by atoms with van der Waals surface area (Å²) in [6, 6.07) is 83.1. The molecule has 4 aromatic heterocycles. The van der Waals surface area contributed by atoms with Gasteiger partial charge >= 0.3 is 0 Å². The molecule has 4 heterocycles. The third kappa shape index (κ3) is 5.66. The number of para-hydroxylation sites is 6. The fourth-order valence-corrected chi connectivity index (χ4v) is 11.1. The second-order valence-electron chi connectivity index (χ2n) is 17.7. The molecule has 0 spiro atoms. The van der Waals surface area contributed by atoms with Gasteiger partial charge in [0.25, 0.3) is 0 Å². The lowest BCUT2D eigenvalue weighted by atomic mass is 10.0. The van der Waals surface area contributed by atoms with Crippen molar-refractivity contribution in [2.45, 2.75) is 0 Å². The minimum Gasteiger partial charge on any atom is -0.314 e. The van der Waals surface area contributed by atoms with Crippen molar-refractivity contribution in [3.8, 4) is 33.6 Å². The zero-order valence-corrected chi connectivity index (χ0v) is 36.9. The summed E-state index contributed by atoms with van der Waals surface area (Å²) < 4.78 is 9.23. The molecule has 0 atom stereocenters. The summed E-state index contributed by atoms with van der Waals surface area (Å²) in [5, 5.41) is 18.5. The number of hydrogen-bond acceptors (Lipinski definition) is 1. The van der Waals surface area contributed by atoms with Gasteiger partial charge in [-0.3, -0.25) is 0 Å². The quantitative estimate of drug-likeness (QED) is 0.155. The van der Waals surface area contributed by atoms with Crippen LogP contribution in [0.15, 0.2) is 231 Å². The molecule has 0 bridgehead atoms. The molecule has 0 saturated carbocycles. The first-order valence-corrected chi connectivity index (χ1v) is 23.2. The number of allylic oxidation sites excluding steroid dienone is 1. The van der Waals surface area contributed by atoms with E-state index in [-0.39, 0.29) is 0 Å². The maximum Gasteiger partial charge on any atom is 0.0805 e. The van der Waals surface area contributed by atoms with Crippen LogP contribution in [-0.2, 0) is 0 Å². The summed E-state index contributed by atoms with van der Waals surface area (Å²) in [5.74, 6) is 0. The van der Waals surface area contributed by atoms with E-state index in [1.807, 2.05) is 0 Å². The van der Waals surface area contributed by atoms with Crippen molar-refractivity contribution < 1.29 is 0 Å². The van der Waals surface area contributed by atoms with Gasteiger partial charge in [0.05, 0.1) is 49.8 Å². The van der Waals surface area contributed by atoms with Crippen molar-refractivity contribution in [1.82, 2.24) is 18.3 Å². The summed E-state index contributed by atoms with van der Waals surface area (Å²) in [7, 11) is 0. The molecule has 10 aromatic carbocycles. The van der Waals surface area contributed by atoms with E-state index in [0.29, 0.717) is 0 Å². The van der Waals surface area contributed by atoms with Crippen LogP contribution in [-0.4, -0.2) is 24.5 Å². The Kier molecular flexibility index (Phi) is 8.37. The average molecular weight is 868 g/mol. The Hall–Kier alpha value is -9.19. The summed E-state index contributed by atoms with van der Waals surface area (Å²) in [4.78, 5) is 0. The number of aromatic nitrogens is 4. The van der Waals surface area contributed by atoms with Gasteiger partial charge in [-0.2, -0.15) is 0 Å². The van der Waals surface area contributed by atoms with Crippen LogP contribution in [0.25, 0.3) is 133 Å². The Morgan fingerprint density at radius 3 is 1.09 bits per heavy atom. The highest BCUT2D eigenvalue weighted by molar-refractivity contribution is 6.20. The Bertz CT molecular complexity index is 4390. The van der Waals surface area contributed by atoms with E-state index in [1.54, 1.807) is 0 Å². The van der Waals surface area contributed by atoms with Gasteiger partial charge in [-0.1, -0.05) is 133 Å². The molecule has 0 aliphatic rings. The predicted octanol–water partition coefficient (Wildman–Crippen LogP) is 16.5. The lowest BCUT2D eigenvalue weighted by Gasteiger charge is -2.11. The molecule has 0 aliphatic carbocycles. The normalized spacial score (nSPS) is 12.3. The van der Waals surface area contributed by atoms with Gasteiger partial charge in [-0.05, 0) is 119 Å². The van der Waals surface area contributed by atoms with Crippen LogP contribution in [0.5, 0.6) is 0 Å². The summed E-state index contributed by atoms with van der Waals surface area (Å²) in [5.41, 5.74) is 16.8. The minimum absolute atomic E-state index is 0.770. The molecule has 0 aliphatic heterocycles. The number of nitrogens with zero attached hydrogens (tertiary/aromatic N) is 4. The monoisotopic (exact) mass is 867 g/mol. The lowest BCUT2D eigenvalue weighted by molar-refractivity contribution is 1.18. The van der Waals surface area contributed by atoms with Crippen molar-refractivity contribution >= 4 is 105 Å². The molecule has 1 N–H and O–H groups in total. The summed E-state index contributed by atoms with van der Waals surface area (Å²) in [6.45, 7) is 0. The Morgan fingerprint density at radius 2 is 0.603 bits per heavy atom. The van der Waals surface area contributed by atoms with Crippen LogP contribution in [0.2, 0.25) is 0 Å². The number of hydrogen-bond donors (Lipinski definition) is 1. The van der Waals surface area contributed by atoms with Crippen molar-refractivity contribution in [2.75, 3.05) is 0 Å². The maximum absolute atomic E-state index is 8.98. The maximum atomic E-state index is 8.98. The van der Waals surface area contributed by atoms with E-state index in [9.17, 15) is 0 Å². The van der Waals surface area contributed by atoms with Gasteiger partial charge in [0.2, 0.25) is 0 Å². The molecule has 14 rings (SSSR count). The molecule has 0 saturated heterocycles. The van der Waals surface area contributed by atoms with Crippen molar-refractivity contribution in [3.63, 3.8) is 0 Å². The first kappa shape index (κ1) is 38.1. The number of fused-ring (bicyclic) bond motifs is 12. The van der Waals surface area contributed by atoms with Gasteiger partial charge in [0, 0.05) is 66.9 Å². The molecule has 0 unspecified atom stereocenters. The molecular weight excluding hydrogens is 827 g/mol. The minimum atomic E-state index is 0.770. The highest BCUT2D eigenvalue weighted by Gasteiger charge is 2.19. The van der Waals surface area contributed by atoms with Gasteiger partial charge in [0.15, 0.2) is 0 Å². The second kappa shape index (κ2) is 14.9. The van der Waals surface area contributed by atoms with E-state index in [1.165, 1.54) is 71.7 Å². The third-order valence-electron chi connectivity index (χ3n) is 14.1. The van der Waals surface area contributed by atoms with Crippen LogP contribution in [0.1, 0.15) is 0 Å². The third-order valence-corrected chi connectivity index (χ3v) is 14.1. The molecule has 5 nitrogen and oxygen atoms in total. The fraction of sp³-hybridized carbons (Fsp3) is 0. The summed E-state index contributed by atoms with van der Waals surface area (Å²) >= 11 is 0. The molecule has 14 aromatic rings. The molecule has 318 valence electrons. The van der Waals surface area contributed by atoms with E-state index >= 15 is 0 Å². The Labute approximate surface area is 391 Å². The van der Waals surface area contributed by atoms with E-state index in [2.05, 4.69) is 255 Å². The topological polar surface area (TPSA) is 43.6 Å². The van der Waals surface area contributed by atoms with Gasteiger partial charge in [-0.25, -0.2) is 0 Å². The van der Waals surface area contributed by atoms with Crippen molar-refractivity contribution in [3.05, 3.63) is 231 Å². The van der Waals surface area contributed by atoms with Gasteiger partial charge in [-0.15, -0.1) is 0 Å². The molecule has 5 heteroatoms. The Balaban J connectivity index is 0.894. The Morgan fingerprint density at radius 1 is 0.294 bits per heavy atom. The van der Waals surface area contributed by atoms with Crippen molar-refractivity contribution in [1.29, 1.82) is 5.41 Å². The van der Waals surface area contributed by atoms with Crippen molar-refractivity contribution in [2.24, 2.45) is 0 Å². The molecule has 0 amide bonds. The SMILES string of the molecule is N=C/C(=C\n1c2ccccc2c2cc(-c3ccc4c(c3)c3ccccc3n4-c3ccccc3)ccc21)n1c2ccccc2c2cc(-c3ccc4c(c3)c3ccccc3n4-c3ccccc3)ccc21. The van der Waals surface area contributed by atoms with Crippen LogP contribution >= 0.6 is 0 Å². The molecule has 0 fully saturated rings. The van der Waals surface area contributed by atoms with Crippen LogP contribution in [0.4, 0.5) is 0 Å². The second-order valence-corrected chi connectivity index (χ2v) is 17.7.